The predicted octanol–water partition coefficient (Wildman–Crippen LogP) is 5.67. The Bertz CT molecular complexity index is 915. The third-order valence-corrected chi connectivity index (χ3v) is 4.41. The Morgan fingerprint density at radius 1 is 1.29 bits per heavy atom. The third kappa shape index (κ3) is 4.06. The van der Waals surface area contributed by atoms with E-state index in [4.69, 9.17) is 27.6 Å². The Morgan fingerprint density at radius 2 is 2.12 bits per heavy atom. The van der Waals surface area contributed by atoms with Gasteiger partial charge in [-0.05, 0) is 43.3 Å². The van der Waals surface area contributed by atoms with Crippen molar-refractivity contribution in [3.05, 3.63) is 63.4 Å². The summed E-state index contributed by atoms with van der Waals surface area (Å²) in [5.74, 6) is 1.13. The van der Waals surface area contributed by atoms with Crippen molar-refractivity contribution >= 4 is 51.7 Å². The van der Waals surface area contributed by atoms with Crippen LogP contribution in [0.2, 0.25) is 10.0 Å². The standard InChI is InChI=1S/C17H12Cl2N2O2S/c1-10-2-4-12(23-10)5-7-16(22)21-17-20-15(9-24-17)13-6-3-11(18)8-14(13)19/h2-9H,1H3,(H,20,21,22)/b7-5+. The molecule has 0 aliphatic rings. The van der Waals surface area contributed by atoms with Gasteiger partial charge in [-0.3, -0.25) is 10.1 Å². The van der Waals surface area contributed by atoms with Crippen LogP contribution in [0.15, 0.2) is 46.2 Å². The monoisotopic (exact) mass is 378 g/mol. The number of hydrogen-bond donors (Lipinski definition) is 1. The molecule has 0 unspecified atom stereocenters. The Hall–Kier alpha value is -2.08. The van der Waals surface area contributed by atoms with E-state index in [1.807, 2.05) is 18.4 Å². The largest absolute Gasteiger partial charge is 0.462 e. The molecule has 0 radical (unpaired) electrons. The lowest BCUT2D eigenvalue weighted by Gasteiger charge is -2.01. The van der Waals surface area contributed by atoms with E-state index < -0.39 is 0 Å². The number of amides is 1. The summed E-state index contributed by atoms with van der Waals surface area (Å²) >= 11 is 13.4. The Kier molecular flexibility index (Phi) is 5.04. The number of carbonyl (C=O) groups is 1. The summed E-state index contributed by atoms with van der Waals surface area (Å²) in [6.45, 7) is 1.84. The molecule has 2 heterocycles. The quantitative estimate of drug-likeness (QED) is 0.594. The fourth-order valence-electron chi connectivity index (χ4n) is 2.00. The molecular weight excluding hydrogens is 367 g/mol. The van der Waals surface area contributed by atoms with E-state index in [-0.39, 0.29) is 5.91 Å². The molecule has 2 aromatic heterocycles. The first-order valence-electron chi connectivity index (χ1n) is 6.98. The average molecular weight is 379 g/mol. The van der Waals surface area contributed by atoms with E-state index in [2.05, 4.69) is 10.3 Å². The lowest BCUT2D eigenvalue weighted by Crippen LogP contribution is -2.07. The highest BCUT2D eigenvalue weighted by molar-refractivity contribution is 7.14. The van der Waals surface area contributed by atoms with Crippen molar-refractivity contribution in [3.63, 3.8) is 0 Å². The van der Waals surface area contributed by atoms with Crippen LogP contribution >= 0.6 is 34.5 Å². The number of aryl methyl sites for hydroxylation is 1. The van der Waals surface area contributed by atoms with Gasteiger partial charge in [0.05, 0.1) is 10.7 Å². The van der Waals surface area contributed by atoms with Crippen LogP contribution in [0.1, 0.15) is 11.5 Å². The fourth-order valence-corrected chi connectivity index (χ4v) is 3.22. The van der Waals surface area contributed by atoms with Crippen LogP contribution in [0.4, 0.5) is 5.13 Å². The molecule has 122 valence electrons. The van der Waals surface area contributed by atoms with E-state index >= 15 is 0 Å². The first-order chi connectivity index (χ1) is 11.5. The molecule has 0 saturated heterocycles. The smallest absolute Gasteiger partial charge is 0.250 e. The van der Waals surface area contributed by atoms with Crippen LogP contribution in [-0.2, 0) is 4.79 Å². The number of aromatic nitrogens is 1. The summed E-state index contributed by atoms with van der Waals surface area (Å²) in [5, 5.41) is 6.10. The molecule has 0 aliphatic carbocycles. The van der Waals surface area contributed by atoms with Gasteiger partial charge in [0.15, 0.2) is 5.13 Å². The number of nitrogens with one attached hydrogen (secondary N) is 1. The zero-order valence-electron chi connectivity index (χ0n) is 12.5. The van der Waals surface area contributed by atoms with Gasteiger partial charge < -0.3 is 4.42 Å². The van der Waals surface area contributed by atoms with Crippen LogP contribution in [0.25, 0.3) is 17.3 Å². The van der Waals surface area contributed by atoms with E-state index in [1.54, 1.807) is 30.3 Å². The number of anilines is 1. The van der Waals surface area contributed by atoms with Gasteiger partial charge in [0, 0.05) is 22.0 Å². The normalized spacial score (nSPS) is 11.1. The van der Waals surface area contributed by atoms with Gasteiger partial charge in [-0.2, -0.15) is 0 Å². The third-order valence-electron chi connectivity index (χ3n) is 3.10. The van der Waals surface area contributed by atoms with Gasteiger partial charge >= 0.3 is 0 Å². The Morgan fingerprint density at radius 3 is 2.83 bits per heavy atom. The van der Waals surface area contributed by atoms with Crippen molar-refractivity contribution in [1.29, 1.82) is 0 Å². The molecule has 0 saturated carbocycles. The fraction of sp³-hybridized carbons (Fsp3) is 0.0588. The zero-order chi connectivity index (χ0) is 17.1. The molecule has 3 rings (SSSR count). The minimum atomic E-state index is -0.285. The van der Waals surface area contributed by atoms with Crippen LogP contribution in [0.5, 0.6) is 0 Å². The molecule has 3 aromatic rings. The van der Waals surface area contributed by atoms with Crippen molar-refractivity contribution in [1.82, 2.24) is 4.98 Å². The van der Waals surface area contributed by atoms with Crippen molar-refractivity contribution in [2.45, 2.75) is 6.92 Å². The summed E-state index contributed by atoms with van der Waals surface area (Å²) in [7, 11) is 0. The van der Waals surface area contributed by atoms with Crippen LogP contribution in [0, 0.1) is 6.92 Å². The van der Waals surface area contributed by atoms with E-state index in [0.717, 1.165) is 11.3 Å². The second-order valence-corrected chi connectivity index (χ2v) is 6.63. The molecule has 7 heteroatoms. The molecule has 1 amide bonds. The van der Waals surface area contributed by atoms with E-state index in [0.29, 0.717) is 26.6 Å². The van der Waals surface area contributed by atoms with E-state index in [1.165, 1.54) is 17.4 Å². The van der Waals surface area contributed by atoms with Gasteiger partial charge in [0.1, 0.15) is 11.5 Å². The molecular formula is C17H12Cl2N2O2S. The Balaban J connectivity index is 1.69. The number of hydrogen-bond acceptors (Lipinski definition) is 4. The number of benzene rings is 1. The van der Waals surface area contributed by atoms with Gasteiger partial charge in [-0.1, -0.05) is 23.2 Å². The maximum atomic E-state index is 11.9. The van der Waals surface area contributed by atoms with Gasteiger partial charge in [-0.25, -0.2) is 4.98 Å². The minimum Gasteiger partial charge on any atom is -0.462 e. The molecule has 0 spiro atoms. The molecule has 0 aliphatic heterocycles. The van der Waals surface area contributed by atoms with Gasteiger partial charge in [0.25, 0.3) is 0 Å². The highest BCUT2D eigenvalue weighted by atomic mass is 35.5. The summed E-state index contributed by atoms with van der Waals surface area (Å²) in [5.41, 5.74) is 1.45. The molecule has 1 N–H and O–H groups in total. The number of carbonyl (C=O) groups excluding carboxylic acids is 1. The van der Waals surface area contributed by atoms with Crippen molar-refractivity contribution in [2.24, 2.45) is 0 Å². The van der Waals surface area contributed by atoms with Crippen molar-refractivity contribution in [3.8, 4) is 11.3 Å². The number of nitrogens with zero attached hydrogens (tertiary/aromatic N) is 1. The summed E-state index contributed by atoms with van der Waals surface area (Å²) in [6, 6.07) is 8.83. The minimum absolute atomic E-state index is 0.285. The maximum absolute atomic E-state index is 11.9. The average Bonchev–Trinajstić information content (AvgIpc) is 3.14. The number of rotatable bonds is 4. The van der Waals surface area contributed by atoms with Gasteiger partial charge in [-0.15, -0.1) is 11.3 Å². The molecule has 24 heavy (non-hydrogen) atoms. The van der Waals surface area contributed by atoms with Crippen molar-refractivity contribution < 1.29 is 9.21 Å². The molecule has 0 atom stereocenters. The van der Waals surface area contributed by atoms with Crippen LogP contribution in [-0.4, -0.2) is 10.9 Å². The second kappa shape index (κ2) is 7.21. The highest BCUT2D eigenvalue weighted by Gasteiger charge is 2.10. The highest BCUT2D eigenvalue weighted by Crippen LogP contribution is 2.32. The molecule has 0 fully saturated rings. The molecule has 1 aromatic carbocycles. The predicted molar refractivity (Wildman–Crippen MR) is 98.7 cm³/mol. The number of furan rings is 1. The SMILES string of the molecule is Cc1ccc(/C=C/C(=O)Nc2nc(-c3ccc(Cl)cc3Cl)cs2)o1. The summed E-state index contributed by atoms with van der Waals surface area (Å²) in [6.07, 6.45) is 3.00. The van der Waals surface area contributed by atoms with E-state index in [9.17, 15) is 4.79 Å². The number of thiazole rings is 1. The lowest BCUT2D eigenvalue weighted by atomic mass is 10.2. The second-order valence-electron chi connectivity index (χ2n) is 4.93. The number of halogens is 2. The maximum Gasteiger partial charge on any atom is 0.250 e. The zero-order valence-corrected chi connectivity index (χ0v) is 14.9. The molecule has 0 bridgehead atoms. The van der Waals surface area contributed by atoms with Gasteiger partial charge in [0.2, 0.25) is 5.91 Å². The summed E-state index contributed by atoms with van der Waals surface area (Å²) in [4.78, 5) is 16.3. The lowest BCUT2D eigenvalue weighted by molar-refractivity contribution is -0.111. The van der Waals surface area contributed by atoms with Crippen LogP contribution in [0.3, 0.4) is 0 Å². The first-order valence-corrected chi connectivity index (χ1v) is 8.61. The Labute approximate surface area is 152 Å². The summed E-state index contributed by atoms with van der Waals surface area (Å²) < 4.78 is 5.36. The first kappa shape index (κ1) is 16.8. The van der Waals surface area contributed by atoms with Crippen LogP contribution < -0.4 is 5.32 Å². The topological polar surface area (TPSA) is 55.1 Å². The molecule has 4 nitrogen and oxygen atoms in total. The van der Waals surface area contributed by atoms with Crippen molar-refractivity contribution in [2.75, 3.05) is 5.32 Å².